The van der Waals surface area contributed by atoms with E-state index in [0.29, 0.717) is 23.5 Å². The van der Waals surface area contributed by atoms with Gasteiger partial charge in [0.05, 0.1) is 0 Å². The van der Waals surface area contributed by atoms with Crippen molar-refractivity contribution in [3.05, 3.63) is 23.8 Å². The number of allylic oxidation sites excluding steroid dienone is 4. The largest absolute Gasteiger partial charge is 0.299 e. The predicted octanol–water partition coefficient (Wildman–Crippen LogP) is 3.76. The second kappa shape index (κ2) is 3.82. The lowest BCUT2D eigenvalue weighted by molar-refractivity contribution is -0.130. The monoisotopic (exact) mass is 242 g/mol. The number of hydrogen-bond acceptors (Lipinski definition) is 1. The van der Waals surface area contributed by atoms with Crippen LogP contribution in [-0.4, -0.2) is 5.78 Å². The van der Waals surface area contributed by atoms with E-state index in [0.717, 1.165) is 18.3 Å². The molecule has 1 nitrogen and oxygen atoms in total. The normalized spacial score (nSPS) is 49.6. The molecule has 0 radical (unpaired) electrons. The summed E-state index contributed by atoms with van der Waals surface area (Å²) < 4.78 is 0. The van der Waals surface area contributed by atoms with E-state index < -0.39 is 0 Å². The topological polar surface area (TPSA) is 17.1 Å². The average molecular weight is 242 g/mol. The van der Waals surface area contributed by atoms with Gasteiger partial charge >= 0.3 is 0 Å². The Balaban J connectivity index is 1.73. The van der Waals surface area contributed by atoms with Crippen molar-refractivity contribution in [1.82, 2.24) is 0 Å². The SMILES string of the molecule is CC1=CC[C@@H]2[C@H]3CC[C@H](C3)[C@H]2C(=O)[C@@H]2CC=C[C@H]12. The highest BCUT2D eigenvalue weighted by atomic mass is 16.1. The van der Waals surface area contributed by atoms with Crippen molar-refractivity contribution in [2.24, 2.45) is 35.5 Å². The molecule has 18 heavy (non-hydrogen) atoms. The molecule has 2 saturated carbocycles. The lowest BCUT2D eigenvalue weighted by atomic mass is 9.68. The van der Waals surface area contributed by atoms with Crippen molar-refractivity contribution in [3.8, 4) is 0 Å². The fourth-order valence-electron chi connectivity index (χ4n) is 5.31. The fraction of sp³-hybridized carbons (Fsp3) is 0.706. The van der Waals surface area contributed by atoms with E-state index in [4.69, 9.17) is 0 Å². The van der Waals surface area contributed by atoms with Gasteiger partial charge in [0.15, 0.2) is 0 Å². The second-order valence-corrected chi connectivity index (χ2v) is 6.91. The molecule has 0 aromatic rings. The van der Waals surface area contributed by atoms with Gasteiger partial charge in [0.25, 0.3) is 0 Å². The summed E-state index contributed by atoms with van der Waals surface area (Å²) in [5.74, 6) is 4.04. The third kappa shape index (κ3) is 1.36. The first-order valence-electron chi connectivity index (χ1n) is 7.62. The first-order chi connectivity index (χ1) is 8.75. The minimum absolute atomic E-state index is 0.286. The minimum Gasteiger partial charge on any atom is -0.299 e. The van der Waals surface area contributed by atoms with Gasteiger partial charge < -0.3 is 0 Å². The summed E-state index contributed by atoms with van der Waals surface area (Å²) in [6.07, 6.45) is 13.2. The number of hydrogen-bond donors (Lipinski definition) is 0. The van der Waals surface area contributed by atoms with Crippen LogP contribution in [0, 0.1) is 35.5 Å². The van der Waals surface area contributed by atoms with Gasteiger partial charge in [-0.25, -0.2) is 0 Å². The highest BCUT2D eigenvalue weighted by Crippen LogP contribution is 2.56. The molecule has 0 unspecified atom stereocenters. The molecule has 4 aliphatic carbocycles. The van der Waals surface area contributed by atoms with Crippen molar-refractivity contribution < 1.29 is 4.79 Å². The van der Waals surface area contributed by atoms with Crippen LogP contribution < -0.4 is 0 Å². The maximum absolute atomic E-state index is 12.9. The molecule has 96 valence electrons. The van der Waals surface area contributed by atoms with Gasteiger partial charge in [0.1, 0.15) is 5.78 Å². The molecular weight excluding hydrogens is 220 g/mol. The third-order valence-corrected chi connectivity index (χ3v) is 6.19. The summed E-state index contributed by atoms with van der Waals surface area (Å²) >= 11 is 0. The Morgan fingerprint density at radius 2 is 2.00 bits per heavy atom. The van der Waals surface area contributed by atoms with Crippen molar-refractivity contribution in [2.75, 3.05) is 0 Å². The Labute approximate surface area is 109 Å². The molecule has 4 rings (SSSR count). The van der Waals surface area contributed by atoms with Gasteiger partial charge in [0.2, 0.25) is 0 Å². The number of Topliss-reactive ketones (excluding diaryl/α,β-unsaturated/α-hetero) is 1. The lowest BCUT2D eigenvalue weighted by Gasteiger charge is -2.35. The molecule has 0 aromatic carbocycles. The molecule has 0 heterocycles. The zero-order valence-corrected chi connectivity index (χ0v) is 11.1. The Morgan fingerprint density at radius 3 is 2.89 bits per heavy atom. The van der Waals surface area contributed by atoms with E-state index in [1.807, 2.05) is 0 Å². The van der Waals surface area contributed by atoms with E-state index in [-0.39, 0.29) is 5.92 Å². The molecule has 1 heteroatoms. The maximum Gasteiger partial charge on any atom is 0.140 e. The van der Waals surface area contributed by atoms with Crippen LogP contribution in [0.25, 0.3) is 0 Å². The van der Waals surface area contributed by atoms with Crippen LogP contribution >= 0.6 is 0 Å². The molecule has 0 aromatic heterocycles. The zero-order chi connectivity index (χ0) is 12.3. The number of fused-ring (bicyclic) bond motifs is 6. The van der Waals surface area contributed by atoms with Gasteiger partial charge in [-0.15, -0.1) is 0 Å². The summed E-state index contributed by atoms with van der Waals surface area (Å²) in [6, 6.07) is 0. The highest BCUT2D eigenvalue weighted by Gasteiger charge is 2.52. The standard InChI is InChI=1S/C17H22O/c1-10-5-8-14-11-6-7-12(9-11)16(14)17(18)15-4-2-3-13(10)15/h2-3,5,11-16H,4,6-9H2,1H3/t11-,12+,13+,14+,15+,16+/m0/s1. The Kier molecular flexibility index (Phi) is 2.34. The molecule has 2 bridgehead atoms. The van der Waals surface area contributed by atoms with E-state index in [2.05, 4.69) is 25.2 Å². The number of ketones is 1. The lowest BCUT2D eigenvalue weighted by Crippen LogP contribution is -2.36. The molecule has 0 saturated heterocycles. The number of rotatable bonds is 0. The quantitative estimate of drug-likeness (QED) is 0.591. The molecule has 0 N–H and O–H groups in total. The predicted molar refractivity (Wildman–Crippen MR) is 71.9 cm³/mol. The molecule has 0 aliphatic heterocycles. The van der Waals surface area contributed by atoms with E-state index in [1.165, 1.54) is 31.3 Å². The number of carbonyl (C=O) groups is 1. The van der Waals surface area contributed by atoms with Crippen LogP contribution in [0.5, 0.6) is 0 Å². The molecule has 4 aliphatic rings. The summed E-state index contributed by atoms with van der Waals surface area (Å²) in [6.45, 7) is 2.23. The summed E-state index contributed by atoms with van der Waals surface area (Å²) in [4.78, 5) is 12.9. The zero-order valence-electron chi connectivity index (χ0n) is 11.1. The van der Waals surface area contributed by atoms with E-state index in [9.17, 15) is 4.79 Å². The van der Waals surface area contributed by atoms with Crippen molar-refractivity contribution in [2.45, 2.75) is 39.0 Å². The van der Waals surface area contributed by atoms with Gasteiger partial charge in [0, 0.05) is 17.8 Å². The van der Waals surface area contributed by atoms with E-state index >= 15 is 0 Å². The Bertz CT molecular complexity index is 445. The maximum atomic E-state index is 12.9. The summed E-state index contributed by atoms with van der Waals surface area (Å²) in [5.41, 5.74) is 1.45. The number of carbonyl (C=O) groups excluding carboxylic acids is 1. The van der Waals surface area contributed by atoms with E-state index in [1.54, 1.807) is 0 Å². The van der Waals surface area contributed by atoms with Crippen LogP contribution in [0.1, 0.15) is 39.0 Å². The first kappa shape index (κ1) is 11.0. The van der Waals surface area contributed by atoms with Crippen LogP contribution in [0.2, 0.25) is 0 Å². The van der Waals surface area contributed by atoms with Crippen molar-refractivity contribution >= 4 is 5.78 Å². The highest BCUT2D eigenvalue weighted by molar-refractivity contribution is 5.86. The fourth-order valence-corrected chi connectivity index (χ4v) is 5.31. The molecular formula is C17H22O. The Hall–Kier alpha value is -0.850. The summed E-state index contributed by atoms with van der Waals surface area (Å²) in [7, 11) is 0. The minimum atomic E-state index is 0.286. The van der Waals surface area contributed by atoms with Crippen LogP contribution in [0.15, 0.2) is 23.8 Å². The molecule has 0 spiro atoms. The van der Waals surface area contributed by atoms with Gasteiger partial charge in [-0.1, -0.05) is 23.8 Å². The van der Waals surface area contributed by atoms with Gasteiger partial charge in [-0.3, -0.25) is 4.79 Å². The summed E-state index contributed by atoms with van der Waals surface area (Å²) in [5, 5.41) is 0. The Morgan fingerprint density at radius 1 is 1.17 bits per heavy atom. The van der Waals surface area contributed by atoms with Gasteiger partial charge in [-0.05, 0) is 56.8 Å². The average Bonchev–Trinajstić information content (AvgIpc) is 3.06. The van der Waals surface area contributed by atoms with Crippen molar-refractivity contribution in [1.29, 1.82) is 0 Å². The molecule has 2 fully saturated rings. The third-order valence-electron chi connectivity index (χ3n) is 6.19. The molecule has 0 amide bonds. The second-order valence-electron chi connectivity index (χ2n) is 6.91. The van der Waals surface area contributed by atoms with Crippen LogP contribution in [0.4, 0.5) is 0 Å². The van der Waals surface area contributed by atoms with Gasteiger partial charge in [-0.2, -0.15) is 0 Å². The molecule has 6 atom stereocenters. The van der Waals surface area contributed by atoms with Crippen molar-refractivity contribution in [3.63, 3.8) is 0 Å². The first-order valence-corrected chi connectivity index (χ1v) is 7.62. The smallest absolute Gasteiger partial charge is 0.140 e. The van der Waals surface area contributed by atoms with Crippen LogP contribution in [0.3, 0.4) is 0 Å². The van der Waals surface area contributed by atoms with Crippen LogP contribution in [-0.2, 0) is 4.79 Å².